The van der Waals surface area contributed by atoms with E-state index in [2.05, 4.69) is 109 Å². The van der Waals surface area contributed by atoms with Crippen LogP contribution in [-0.2, 0) is 7.05 Å². The van der Waals surface area contributed by atoms with Crippen LogP contribution in [0.15, 0.2) is 48.7 Å². The maximum atomic E-state index is 2.51. The second-order valence-corrected chi connectivity index (χ2v) is 15.1. The average Bonchev–Trinajstić information content (AvgIpc) is 2.64. The minimum absolute atomic E-state index is 0.361. The van der Waals surface area contributed by atoms with E-state index in [0.29, 0.717) is 5.04 Å². The van der Waals surface area contributed by atoms with Crippen molar-refractivity contribution in [2.45, 2.75) is 65.6 Å². The first-order chi connectivity index (χ1) is 13.1. The maximum absolute atomic E-state index is 2.51. The molecular weight excluding hydrogens is 354 g/mol. The molecule has 1 aromatic heterocycles. The van der Waals surface area contributed by atoms with Gasteiger partial charge in [0, 0.05) is 11.6 Å². The lowest BCUT2D eigenvalue weighted by Gasteiger charge is -2.42. The van der Waals surface area contributed by atoms with Gasteiger partial charge in [0.15, 0.2) is 6.20 Å². The fourth-order valence-corrected chi connectivity index (χ4v) is 10.3. The number of nitrogens with zero attached hydrogens (tertiary/aromatic N) is 1. The molecule has 0 amide bonds. The second-order valence-electron chi connectivity index (χ2n) is 9.43. The van der Waals surface area contributed by atoms with Crippen LogP contribution in [0.25, 0.3) is 22.0 Å². The molecule has 1 heterocycles. The monoisotopic (exact) mass is 390 g/mol. The smallest absolute Gasteiger partial charge is 0.200 e. The van der Waals surface area contributed by atoms with Crippen LogP contribution in [0.1, 0.15) is 45.7 Å². The lowest BCUT2D eigenvalue weighted by molar-refractivity contribution is -0.659. The predicted molar refractivity (Wildman–Crippen MR) is 126 cm³/mol. The van der Waals surface area contributed by atoms with Gasteiger partial charge in [0.25, 0.3) is 0 Å². The zero-order valence-corrected chi connectivity index (χ0v) is 20.0. The van der Waals surface area contributed by atoms with Gasteiger partial charge in [-0.1, -0.05) is 81.7 Å². The summed E-state index contributed by atoms with van der Waals surface area (Å²) in [4.78, 5) is 0. The van der Waals surface area contributed by atoms with E-state index in [1.54, 1.807) is 5.19 Å². The largest absolute Gasteiger partial charge is 0.220 e. The predicted octanol–water partition coefficient (Wildman–Crippen LogP) is 6.44. The number of hydrogen-bond acceptors (Lipinski definition) is 0. The number of aryl methyl sites for hydroxylation is 3. The van der Waals surface area contributed by atoms with Crippen LogP contribution in [0.3, 0.4) is 0 Å². The molecule has 0 aliphatic rings. The van der Waals surface area contributed by atoms with Crippen LogP contribution >= 0.6 is 0 Å². The molecule has 0 bridgehead atoms. The van der Waals surface area contributed by atoms with Gasteiger partial charge in [-0.2, -0.15) is 0 Å². The minimum atomic E-state index is -1.58. The van der Waals surface area contributed by atoms with Gasteiger partial charge in [-0.05, 0) is 42.0 Å². The highest BCUT2D eigenvalue weighted by Crippen LogP contribution is 2.41. The van der Waals surface area contributed by atoms with Gasteiger partial charge in [0.2, 0.25) is 5.69 Å². The van der Waals surface area contributed by atoms with E-state index in [1.807, 2.05) is 0 Å². The van der Waals surface area contributed by atoms with E-state index >= 15 is 0 Å². The first kappa shape index (κ1) is 20.8. The van der Waals surface area contributed by atoms with Crippen molar-refractivity contribution in [3.8, 4) is 11.3 Å². The van der Waals surface area contributed by atoms with Gasteiger partial charge in [-0.3, -0.25) is 0 Å². The molecule has 148 valence electrons. The molecule has 2 heteroatoms. The van der Waals surface area contributed by atoms with Gasteiger partial charge < -0.3 is 0 Å². The van der Waals surface area contributed by atoms with Crippen molar-refractivity contribution in [3.63, 3.8) is 0 Å². The molecule has 3 aromatic rings. The Bertz CT molecular complexity index is 1010. The van der Waals surface area contributed by atoms with Crippen molar-refractivity contribution in [1.29, 1.82) is 0 Å². The van der Waals surface area contributed by atoms with E-state index < -0.39 is 8.07 Å². The number of pyridine rings is 1. The van der Waals surface area contributed by atoms with Crippen LogP contribution in [0.2, 0.25) is 17.1 Å². The molecule has 1 nitrogen and oxygen atoms in total. The third-order valence-corrected chi connectivity index (χ3v) is 13.7. The summed E-state index contributed by atoms with van der Waals surface area (Å²) in [6, 6.07) is 19.0. The number of rotatable bonds is 4. The number of hydrogen-bond donors (Lipinski definition) is 0. The highest BCUT2D eigenvalue weighted by Gasteiger charge is 2.42. The Balaban J connectivity index is 2.29. The second kappa shape index (κ2) is 7.48. The van der Waals surface area contributed by atoms with Crippen LogP contribution in [0.4, 0.5) is 0 Å². The molecule has 2 aromatic carbocycles. The van der Waals surface area contributed by atoms with Gasteiger partial charge in [-0.25, -0.2) is 4.57 Å². The van der Waals surface area contributed by atoms with Crippen LogP contribution in [0, 0.1) is 13.8 Å². The first-order valence-electron chi connectivity index (χ1n) is 10.6. The van der Waals surface area contributed by atoms with Gasteiger partial charge >= 0.3 is 0 Å². The minimum Gasteiger partial charge on any atom is -0.200 e. The molecule has 0 spiro atoms. The molecule has 0 N–H and O–H groups in total. The van der Waals surface area contributed by atoms with Crippen molar-refractivity contribution < 1.29 is 4.57 Å². The number of fused-ring (bicyclic) bond motifs is 1. The zero-order chi connectivity index (χ0) is 20.7. The van der Waals surface area contributed by atoms with Crippen molar-refractivity contribution in [2.75, 3.05) is 0 Å². The van der Waals surface area contributed by atoms with E-state index in [4.69, 9.17) is 0 Å². The molecule has 0 aliphatic heterocycles. The van der Waals surface area contributed by atoms with E-state index in [0.717, 1.165) is 0 Å². The van der Waals surface area contributed by atoms with Gasteiger partial charge in [0.1, 0.15) is 7.05 Å². The summed E-state index contributed by atoms with van der Waals surface area (Å²) in [5.74, 6) is 0. The Morgan fingerprint density at radius 1 is 0.893 bits per heavy atom. The Hall–Kier alpha value is -1.93. The number of benzene rings is 2. The normalized spacial score (nSPS) is 12.6. The molecule has 0 unspecified atom stereocenters. The fraction of sp³-hybridized carbons (Fsp3) is 0.423. The molecule has 0 aliphatic carbocycles. The Morgan fingerprint density at radius 3 is 2.18 bits per heavy atom. The summed E-state index contributed by atoms with van der Waals surface area (Å²) >= 11 is 0. The standard InChI is InChI=1S/C26H36NSi/c1-9-28(10-2,26(5,6)7)22-13-14-23-21(18-22)15-16-27(8)25(23)24-17-19(3)11-12-20(24)4/h11-18H,9-10H2,1-8H3/q+1. The van der Waals surface area contributed by atoms with E-state index in [9.17, 15) is 0 Å². The van der Waals surface area contributed by atoms with E-state index in [1.165, 1.54) is 45.2 Å². The fourth-order valence-electron chi connectivity index (χ4n) is 5.15. The zero-order valence-electron chi connectivity index (χ0n) is 19.0. The molecule has 0 atom stereocenters. The van der Waals surface area contributed by atoms with Gasteiger partial charge in [0.05, 0.1) is 13.5 Å². The summed E-state index contributed by atoms with van der Waals surface area (Å²) in [5.41, 5.74) is 5.30. The summed E-state index contributed by atoms with van der Waals surface area (Å²) in [5, 5.41) is 4.69. The average molecular weight is 391 g/mol. The summed E-state index contributed by atoms with van der Waals surface area (Å²) in [7, 11) is 0.588. The molecule has 0 saturated heterocycles. The van der Waals surface area contributed by atoms with Crippen LogP contribution < -0.4 is 9.75 Å². The van der Waals surface area contributed by atoms with Crippen LogP contribution in [0.5, 0.6) is 0 Å². The van der Waals surface area contributed by atoms with Crippen molar-refractivity contribution >= 4 is 24.0 Å². The van der Waals surface area contributed by atoms with Crippen molar-refractivity contribution in [3.05, 3.63) is 59.8 Å². The van der Waals surface area contributed by atoms with Crippen molar-refractivity contribution in [2.24, 2.45) is 7.05 Å². The molecular formula is C26H36NSi+. The molecule has 0 fully saturated rings. The molecule has 28 heavy (non-hydrogen) atoms. The Labute approximate surface area is 172 Å². The quantitative estimate of drug-likeness (QED) is 0.356. The summed E-state index contributed by atoms with van der Waals surface area (Å²) < 4.78 is 2.28. The van der Waals surface area contributed by atoms with Gasteiger partial charge in [-0.15, -0.1) is 0 Å². The third-order valence-electron chi connectivity index (χ3n) is 6.98. The van der Waals surface area contributed by atoms with Crippen molar-refractivity contribution in [1.82, 2.24) is 0 Å². The molecule has 0 saturated carbocycles. The summed E-state index contributed by atoms with van der Waals surface area (Å²) in [6.07, 6.45) is 2.22. The highest BCUT2D eigenvalue weighted by molar-refractivity contribution is 6.94. The van der Waals surface area contributed by atoms with E-state index in [-0.39, 0.29) is 0 Å². The van der Waals surface area contributed by atoms with Crippen LogP contribution in [-0.4, -0.2) is 8.07 Å². The highest BCUT2D eigenvalue weighted by atomic mass is 28.3. The third kappa shape index (κ3) is 3.32. The maximum Gasteiger partial charge on any atom is 0.220 e. The number of aromatic nitrogens is 1. The lowest BCUT2D eigenvalue weighted by Crippen LogP contribution is -2.53. The molecule has 0 radical (unpaired) electrons. The molecule has 3 rings (SSSR count). The Kier molecular flexibility index (Phi) is 5.55. The SMILES string of the molecule is CC[Si](CC)(c1ccc2c(-c3cc(C)ccc3C)[n+](C)ccc2c1)C(C)(C)C. The summed E-state index contributed by atoms with van der Waals surface area (Å²) in [6.45, 7) is 16.5. The first-order valence-corrected chi connectivity index (χ1v) is 13.1. The Morgan fingerprint density at radius 2 is 1.57 bits per heavy atom. The topological polar surface area (TPSA) is 3.88 Å². The lowest BCUT2D eigenvalue weighted by atomic mass is 9.98.